The minimum absolute atomic E-state index is 0.498. The van der Waals surface area contributed by atoms with E-state index in [1.54, 1.807) is 0 Å². The molecule has 2 heterocycles. The minimum Gasteiger partial charge on any atom is -0.367 e. The quantitative estimate of drug-likeness (QED) is 0.307. The molecule has 0 spiro atoms. The average molecular weight is 418 g/mol. The van der Waals surface area contributed by atoms with Crippen LogP contribution in [0.3, 0.4) is 0 Å². The number of hydrogen-bond acceptors (Lipinski definition) is 7. The minimum atomic E-state index is 0.498. The molecule has 1 N–H and O–H groups in total. The van der Waals surface area contributed by atoms with Crippen molar-refractivity contribution in [2.75, 3.05) is 5.32 Å². The Labute approximate surface area is 179 Å². The number of aromatic nitrogens is 4. The van der Waals surface area contributed by atoms with Gasteiger partial charge < -0.3 is 9.84 Å². The number of hydrogen-bond donors (Lipinski definition) is 1. The van der Waals surface area contributed by atoms with Gasteiger partial charge in [0, 0.05) is 17.0 Å². The van der Waals surface area contributed by atoms with Crippen LogP contribution >= 0.6 is 11.8 Å². The number of nitrogens with zero attached hydrogens (tertiary/aromatic N) is 4. The lowest BCUT2D eigenvalue weighted by Gasteiger charge is -2.09. The van der Waals surface area contributed by atoms with Crippen LogP contribution in [0.15, 0.2) is 58.2 Å². The second-order valence-corrected chi connectivity index (χ2v) is 8.81. The first kappa shape index (κ1) is 19.1. The molecule has 1 saturated carbocycles. The Bertz CT molecular complexity index is 1170. The lowest BCUT2D eigenvalue weighted by molar-refractivity contribution is 0.391. The van der Waals surface area contributed by atoms with E-state index in [1.807, 2.05) is 30.3 Å². The van der Waals surface area contributed by atoms with Crippen molar-refractivity contribution in [3.8, 4) is 11.4 Å². The molecule has 1 aliphatic carbocycles. The number of benzene rings is 2. The maximum absolute atomic E-state index is 5.46. The lowest BCUT2D eigenvalue weighted by atomic mass is 10.0. The van der Waals surface area contributed by atoms with Crippen LogP contribution < -0.4 is 5.32 Å². The zero-order valence-corrected chi connectivity index (χ0v) is 17.8. The van der Waals surface area contributed by atoms with Crippen LogP contribution in [0.4, 0.5) is 5.82 Å². The maximum Gasteiger partial charge on any atom is 0.237 e. The summed E-state index contributed by atoms with van der Waals surface area (Å²) in [5.41, 5.74) is 3.19. The van der Waals surface area contributed by atoms with Crippen molar-refractivity contribution < 1.29 is 4.52 Å². The summed E-state index contributed by atoms with van der Waals surface area (Å²) < 4.78 is 5.46. The molecule has 1 aliphatic rings. The monoisotopic (exact) mass is 417 g/mol. The molecule has 2 aromatic carbocycles. The van der Waals surface area contributed by atoms with Crippen LogP contribution in [0.5, 0.6) is 0 Å². The molecule has 0 saturated heterocycles. The molecule has 6 nitrogen and oxygen atoms in total. The highest BCUT2D eigenvalue weighted by molar-refractivity contribution is 7.98. The molecule has 0 radical (unpaired) electrons. The van der Waals surface area contributed by atoms with Gasteiger partial charge in [0.25, 0.3) is 0 Å². The highest BCUT2D eigenvalue weighted by Gasteiger charge is 2.23. The van der Waals surface area contributed by atoms with E-state index in [0.29, 0.717) is 34.6 Å². The molecule has 0 unspecified atom stereocenters. The Morgan fingerprint density at radius 2 is 1.83 bits per heavy atom. The summed E-state index contributed by atoms with van der Waals surface area (Å²) in [6, 6.07) is 16.9. The van der Waals surface area contributed by atoms with Gasteiger partial charge in [-0.3, -0.25) is 0 Å². The molecule has 7 heteroatoms. The summed E-state index contributed by atoms with van der Waals surface area (Å²) >= 11 is 1.51. The summed E-state index contributed by atoms with van der Waals surface area (Å²) in [6.07, 6.45) is 2.40. The Hall–Kier alpha value is -2.93. The topological polar surface area (TPSA) is 76.7 Å². The van der Waals surface area contributed by atoms with Gasteiger partial charge in [-0.25, -0.2) is 9.97 Å². The highest BCUT2D eigenvalue weighted by Crippen LogP contribution is 2.30. The van der Waals surface area contributed by atoms with Gasteiger partial charge in [-0.05, 0) is 36.5 Å². The second-order valence-electron chi connectivity index (χ2n) is 7.87. The largest absolute Gasteiger partial charge is 0.367 e. The van der Waals surface area contributed by atoms with Crippen LogP contribution in [0.2, 0.25) is 0 Å². The van der Waals surface area contributed by atoms with Gasteiger partial charge >= 0.3 is 0 Å². The standard InChI is InChI=1S/C23H23N5OS/c1-14(2)15-7-9-16(10-8-15)21-26-20(29-28-21)13-30-23-25-19-6-4-3-5-18(19)22(27-23)24-17-11-12-17/h3-10,14,17H,11-13H2,1-2H3,(H,24,25,27). The fourth-order valence-electron chi connectivity index (χ4n) is 3.23. The Kier molecular flexibility index (Phi) is 5.12. The van der Waals surface area contributed by atoms with Crippen LogP contribution in [-0.4, -0.2) is 26.2 Å². The summed E-state index contributed by atoms with van der Waals surface area (Å²) in [7, 11) is 0. The number of rotatable bonds is 7. The van der Waals surface area contributed by atoms with E-state index >= 15 is 0 Å². The van der Waals surface area contributed by atoms with E-state index in [2.05, 4.69) is 47.5 Å². The van der Waals surface area contributed by atoms with Gasteiger partial charge in [-0.2, -0.15) is 4.98 Å². The predicted octanol–water partition coefficient (Wildman–Crippen LogP) is 5.67. The van der Waals surface area contributed by atoms with Crippen molar-refractivity contribution in [3.63, 3.8) is 0 Å². The van der Waals surface area contributed by atoms with Crippen LogP contribution in [0, 0.1) is 0 Å². The molecule has 152 valence electrons. The smallest absolute Gasteiger partial charge is 0.237 e. The third kappa shape index (κ3) is 4.16. The second kappa shape index (κ2) is 8.07. The lowest BCUT2D eigenvalue weighted by Crippen LogP contribution is -2.05. The SMILES string of the molecule is CC(C)c1ccc(-c2noc(CSc3nc(NC4CC4)c4ccccc4n3)n2)cc1. The van der Waals surface area contributed by atoms with E-state index < -0.39 is 0 Å². The fraction of sp³-hybridized carbons (Fsp3) is 0.304. The van der Waals surface area contributed by atoms with E-state index in [1.165, 1.54) is 30.2 Å². The van der Waals surface area contributed by atoms with Crippen molar-refractivity contribution >= 4 is 28.5 Å². The van der Waals surface area contributed by atoms with Gasteiger partial charge in [0.2, 0.25) is 11.7 Å². The Morgan fingerprint density at radius 1 is 1.03 bits per heavy atom. The van der Waals surface area contributed by atoms with Crippen molar-refractivity contribution in [1.29, 1.82) is 0 Å². The molecule has 2 aromatic heterocycles. The molecule has 30 heavy (non-hydrogen) atoms. The normalized spacial score (nSPS) is 13.8. The maximum atomic E-state index is 5.46. The summed E-state index contributed by atoms with van der Waals surface area (Å²) in [6.45, 7) is 4.36. The van der Waals surface area contributed by atoms with E-state index in [0.717, 1.165) is 22.3 Å². The number of para-hydroxylation sites is 1. The van der Waals surface area contributed by atoms with Gasteiger partial charge in [-0.1, -0.05) is 67.2 Å². The van der Waals surface area contributed by atoms with E-state index in [4.69, 9.17) is 14.5 Å². The van der Waals surface area contributed by atoms with E-state index in [-0.39, 0.29) is 0 Å². The summed E-state index contributed by atoms with van der Waals surface area (Å²) in [5, 5.41) is 9.42. The van der Waals surface area contributed by atoms with Gasteiger partial charge in [0.15, 0.2) is 5.16 Å². The molecule has 0 atom stereocenters. The van der Waals surface area contributed by atoms with Crippen LogP contribution in [0.1, 0.15) is 44.1 Å². The molecule has 5 rings (SSSR count). The zero-order valence-electron chi connectivity index (χ0n) is 17.0. The molecule has 0 aliphatic heterocycles. The molecular formula is C23H23N5OS. The van der Waals surface area contributed by atoms with Gasteiger partial charge in [-0.15, -0.1) is 0 Å². The number of anilines is 1. The number of thioether (sulfide) groups is 1. The van der Waals surface area contributed by atoms with Crippen molar-refractivity contribution in [1.82, 2.24) is 20.1 Å². The summed E-state index contributed by atoms with van der Waals surface area (Å²) in [5.74, 6) is 3.10. The third-order valence-corrected chi connectivity index (χ3v) is 5.96. The fourth-order valence-corrected chi connectivity index (χ4v) is 3.91. The zero-order chi connectivity index (χ0) is 20.5. The molecule has 0 bridgehead atoms. The first-order valence-electron chi connectivity index (χ1n) is 10.2. The Morgan fingerprint density at radius 3 is 2.60 bits per heavy atom. The number of fused-ring (bicyclic) bond motifs is 1. The molecule has 1 fully saturated rings. The van der Waals surface area contributed by atoms with Crippen molar-refractivity contribution in [2.45, 2.75) is 49.6 Å². The average Bonchev–Trinajstić information content (AvgIpc) is 3.45. The highest BCUT2D eigenvalue weighted by atomic mass is 32.2. The first-order valence-corrected chi connectivity index (χ1v) is 11.2. The molecule has 0 amide bonds. The van der Waals surface area contributed by atoms with E-state index in [9.17, 15) is 0 Å². The van der Waals surface area contributed by atoms with Crippen LogP contribution in [-0.2, 0) is 5.75 Å². The van der Waals surface area contributed by atoms with Gasteiger partial charge in [0.1, 0.15) is 5.82 Å². The third-order valence-electron chi connectivity index (χ3n) is 5.13. The van der Waals surface area contributed by atoms with Crippen molar-refractivity contribution in [3.05, 3.63) is 60.0 Å². The Balaban J connectivity index is 1.32. The van der Waals surface area contributed by atoms with Crippen LogP contribution in [0.25, 0.3) is 22.3 Å². The first-order chi connectivity index (χ1) is 14.7. The molecular weight excluding hydrogens is 394 g/mol. The number of nitrogens with one attached hydrogen (secondary N) is 1. The van der Waals surface area contributed by atoms with Gasteiger partial charge in [0.05, 0.1) is 11.3 Å². The van der Waals surface area contributed by atoms with Crippen molar-refractivity contribution in [2.24, 2.45) is 0 Å². The predicted molar refractivity (Wildman–Crippen MR) is 120 cm³/mol. The molecule has 4 aromatic rings. The summed E-state index contributed by atoms with van der Waals surface area (Å²) in [4.78, 5) is 14.0.